The molecule has 9 nitrogen and oxygen atoms in total. The second-order valence-electron chi connectivity index (χ2n) is 6.48. The number of hydrogen-bond acceptors (Lipinski definition) is 7. The molecule has 1 fully saturated rings. The molecule has 0 saturated heterocycles. The number of nitro groups is 1. The lowest BCUT2D eigenvalue weighted by Gasteiger charge is -2.28. The van der Waals surface area contributed by atoms with Crippen molar-refractivity contribution >= 4 is 29.2 Å². The minimum atomic E-state index is -1.13. The van der Waals surface area contributed by atoms with E-state index in [1.54, 1.807) is 6.07 Å². The molecule has 1 saturated carbocycles. The predicted molar refractivity (Wildman–Crippen MR) is 95.1 cm³/mol. The summed E-state index contributed by atoms with van der Waals surface area (Å²) in [6, 6.07) is 4.57. The van der Waals surface area contributed by atoms with Gasteiger partial charge < -0.3 is 14.8 Å². The lowest BCUT2D eigenvalue weighted by atomic mass is 9.77. The number of nitro benzene ring substituents is 1. The van der Waals surface area contributed by atoms with Crippen LogP contribution in [0.1, 0.15) is 43.6 Å². The Balaban J connectivity index is 2.10. The van der Waals surface area contributed by atoms with Gasteiger partial charge in [-0.3, -0.25) is 19.7 Å². The maximum Gasteiger partial charge on any atom is 0.396 e. The second-order valence-corrected chi connectivity index (χ2v) is 6.48. The summed E-state index contributed by atoms with van der Waals surface area (Å²) in [7, 11) is 2.42. The Labute approximate surface area is 156 Å². The average molecular weight is 378 g/mol. The monoisotopic (exact) mass is 378 g/mol. The summed E-state index contributed by atoms with van der Waals surface area (Å²) in [5.41, 5.74) is 0.467. The third-order valence-electron chi connectivity index (χ3n) is 4.84. The molecule has 1 aliphatic rings. The van der Waals surface area contributed by atoms with Gasteiger partial charge in [-0.2, -0.15) is 0 Å². The van der Waals surface area contributed by atoms with Gasteiger partial charge in [-0.05, 0) is 49.1 Å². The fraction of sp³-hybridized carbons (Fsp3) is 0.500. The van der Waals surface area contributed by atoms with Gasteiger partial charge in [0.15, 0.2) is 0 Å². The van der Waals surface area contributed by atoms with E-state index in [0.29, 0.717) is 6.42 Å². The van der Waals surface area contributed by atoms with Gasteiger partial charge in [0.25, 0.3) is 5.69 Å². The van der Waals surface area contributed by atoms with Crippen molar-refractivity contribution in [3.8, 4) is 0 Å². The number of methoxy groups -OCH3 is 2. The summed E-state index contributed by atoms with van der Waals surface area (Å²) in [5, 5.41) is 13.6. The molecular formula is C18H22N2O7. The molecule has 1 aromatic carbocycles. The number of carbonyl (C=O) groups is 3. The van der Waals surface area contributed by atoms with Crippen molar-refractivity contribution in [2.75, 3.05) is 19.5 Å². The zero-order valence-electron chi connectivity index (χ0n) is 15.2. The fourth-order valence-corrected chi connectivity index (χ4v) is 3.34. The summed E-state index contributed by atoms with van der Waals surface area (Å²) in [6.45, 7) is 0. The van der Waals surface area contributed by atoms with Crippen LogP contribution >= 0.6 is 0 Å². The summed E-state index contributed by atoms with van der Waals surface area (Å²) in [5.74, 6) is -2.01. The lowest BCUT2D eigenvalue weighted by molar-refractivity contribution is -0.384. The Bertz CT molecular complexity index is 739. The Morgan fingerprint density at radius 3 is 2.37 bits per heavy atom. The van der Waals surface area contributed by atoms with Gasteiger partial charge in [0, 0.05) is 12.5 Å². The smallest absolute Gasteiger partial charge is 0.396 e. The molecule has 1 aliphatic carbocycles. The van der Waals surface area contributed by atoms with Crippen molar-refractivity contribution in [2.45, 2.75) is 38.0 Å². The highest BCUT2D eigenvalue weighted by atomic mass is 16.6. The van der Waals surface area contributed by atoms with Crippen LogP contribution in [0.5, 0.6) is 0 Å². The largest absolute Gasteiger partial charge is 0.469 e. The molecule has 146 valence electrons. The predicted octanol–water partition coefficient (Wildman–Crippen LogP) is 2.54. The van der Waals surface area contributed by atoms with Gasteiger partial charge in [-0.15, -0.1) is 0 Å². The summed E-state index contributed by atoms with van der Waals surface area (Å²) in [4.78, 5) is 45.0. The van der Waals surface area contributed by atoms with E-state index in [1.165, 1.54) is 19.2 Å². The first-order valence-electron chi connectivity index (χ1n) is 8.60. The topological polar surface area (TPSA) is 125 Å². The highest BCUT2D eigenvalue weighted by Crippen LogP contribution is 2.39. The molecule has 0 aromatic heterocycles. The van der Waals surface area contributed by atoms with Crippen LogP contribution in [0.25, 0.3) is 0 Å². The molecule has 0 radical (unpaired) electrons. The van der Waals surface area contributed by atoms with Crippen LogP contribution in [-0.4, -0.2) is 37.0 Å². The molecule has 0 unspecified atom stereocenters. The number of amides is 1. The van der Waals surface area contributed by atoms with E-state index in [1.807, 2.05) is 0 Å². The first kappa shape index (κ1) is 20.3. The molecule has 1 amide bonds. The second kappa shape index (κ2) is 9.11. The molecule has 0 aliphatic heterocycles. The van der Waals surface area contributed by atoms with E-state index >= 15 is 0 Å². The highest BCUT2D eigenvalue weighted by Gasteiger charge is 2.27. The van der Waals surface area contributed by atoms with E-state index in [-0.39, 0.29) is 29.2 Å². The molecule has 1 aromatic rings. The Hall–Kier alpha value is -2.97. The zero-order chi connectivity index (χ0) is 20.0. The van der Waals surface area contributed by atoms with Crippen molar-refractivity contribution < 1.29 is 28.8 Å². The molecule has 0 spiro atoms. The van der Waals surface area contributed by atoms with Gasteiger partial charge >= 0.3 is 17.8 Å². The maximum absolute atomic E-state index is 11.6. The van der Waals surface area contributed by atoms with Crippen molar-refractivity contribution in [2.24, 2.45) is 5.92 Å². The van der Waals surface area contributed by atoms with E-state index < -0.39 is 16.8 Å². The number of nitrogens with one attached hydrogen (secondary N) is 1. The molecule has 1 N–H and O–H groups in total. The first-order valence-corrected chi connectivity index (χ1v) is 8.60. The SMILES string of the molecule is COC(=O)C[C@H]1CC[C@H](c2ccc(NC(=O)C(=O)OC)c([N+](=O)[O-])c2)CC1. The maximum atomic E-state index is 11.6. The van der Waals surface area contributed by atoms with Crippen LogP contribution < -0.4 is 5.32 Å². The Kier molecular flexibility index (Phi) is 6.86. The quantitative estimate of drug-likeness (QED) is 0.361. The molecule has 0 heterocycles. The van der Waals surface area contributed by atoms with Gasteiger partial charge in [-0.25, -0.2) is 4.79 Å². The minimum absolute atomic E-state index is 0.0569. The molecule has 0 atom stereocenters. The van der Waals surface area contributed by atoms with Crippen LogP contribution in [0, 0.1) is 16.0 Å². The Morgan fingerprint density at radius 1 is 1.15 bits per heavy atom. The fourth-order valence-electron chi connectivity index (χ4n) is 3.34. The van der Waals surface area contributed by atoms with E-state index in [0.717, 1.165) is 38.4 Å². The van der Waals surface area contributed by atoms with Crippen molar-refractivity contribution in [3.63, 3.8) is 0 Å². The van der Waals surface area contributed by atoms with Crippen LogP contribution in [-0.2, 0) is 23.9 Å². The molecular weight excluding hydrogens is 356 g/mol. The van der Waals surface area contributed by atoms with Crippen molar-refractivity contribution in [1.82, 2.24) is 0 Å². The van der Waals surface area contributed by atoms with Crippen LogP contribution in [0.3, 0.4) is 0 Å². The third-order valence-corrected chi connectivity index (χ3v) is 4.84. The van der Waals surface area contributed by atoms with E-state index in [2.05, 4.69) is 10.1 Å². The number of carbonyl (C=O) groups excluding carboxylic acids is 3. The summed E-state index contributed by atoms with van der Waals surface area (Å²) in [6.07, 6.45) is 3.70. The Morgan fingerprint density at radius 2 is 1.81 bits per heavy atom. The lowest BCUT2D eigenvalue weighted by Crippen LogP contribution is -2.24. The van der Waals surface area contributed by atoms with E-state index in [9.17, 15) is 24.5 Å². The van der Waals surface area contributed by atoms with Crippen LogP contribution in [0.4, 0.5) is 11.4 Å². The number of esters is 2. The number of hydrogen-bond donors (Lipinski definition) is 1. The molecule has 2 rings (SSSR count). The molecule has 9 heteroatoms. The standard InChI is InChI=1S/C18H22N2O7/c1-26-16(21)9-11-3-5-12(6-4-11)13-7-8-14(15(10-13)20(24)25)19-17(22)18(23)27-2/h7-8,10-12H,3-6,9H2,1-2H3,(H,19,22)/t11-,12-. The summed E-state index contributed by atoms with van der Waals surface area (Å²) < 4.78 is 8.99. The van der Waals surface area contributed by atoms with Gasteiger partial charge in [0.1, 0.15) is 5.69 Å². The van der Waals surface area contributed by atoms with Gasteiger partial charge in [0.2, 0.25) is 0 Å². The van der Waals surface area contributed by atoms with Gasteiger partial charge in [-0.1, -0.05) is 6.07 Å². The van der Waals surface area contributed by atoms with Gasteiger partial charge in [0.05, 0.1) is 19.1 Å². The number of anilines is 1. The number of nitrogens with zero attached hydrogens (tertiary/aromatic N) is 1. The highest BCUT2D eigenvalue weighted by molar-refractivity contribution is 6.37. The summed E-state index contributed by atoms with van der Waals surface area (Å²) >= 11 is 0. The zero-order valence-corrected chi connectivity index (χ0v) is 15.2. The normalized spacial score (nSPS) is 19.0. The average Bonchev–Trinajstić information content (AvgIpc) is 2.67. The van der Waals surface area contributed by atoms with Crippen molar-refractivity contribution in [3.05, 3.63) is 33.9 Å². The minimum Gasteiger partial charge on any atom is -0.469 e. The van der Waals surface area contributed by atoms with E-state index in [4.69, 9.17) is 4.74 Å². The number of rotatable bonds is 5. The third kappa shape index (κ3) is 5.25. The van der Waals surface area contributed by atoms with Crippen molar-refractivity contribution in [1.29, 1.82) is 0 Å². The first-order chi connectivity index (χ1) is 12.8. The number of ether oxygens (including phenoxy) is 2. The van der Waals surface area contributed by atoms with Crippen LogP contribution in [0.2, 0.25) is 0 Å². The van der Waals surface area contributed by atoms with Crippen LogP contribution in [0.15, 0.2) is 18.2 Å². The molecule has 27 heavy (non-hydrogen) atoms. The molecule has 0 bridgehead atoms. The number of benzene rings is 1.